The van der Waals surface area contributed by atoms with E-state index in [1.54, 1.807) is 0 Å². The fourth-order valence-electron chi connectivity index (χ4n) is 0.955. The van der Waals surface area contributed by atoms with Gasteiger partial charge in [-0.05, 0) is 5.92 Å². The van der Waals surface area contributed by atoms with Gasteiger partial charge < -0.3 is 5.11 Å². The molecule has 4 nitrogen and oxygen atoms in total. The average molecular weight is 203 g/mol. The van der Waals surface area contributed by atoms with Crippen LogP contribution in [-0.2, 0) is 4.79 Å². The molecule has 1 atom stereocenters. The fraction of sp³-hybridized carbons (Fsp3) is 0.750. The van der Waals surface area contributed by atoms with Crippen LogP contribution in [0.3, 0.4) is 0 Å². The highest BCUT2D eigenvalue weighted by Gasteiger charge is 2.31. The van der Waals surface area contributed by atoms with Crippen molar-refractivity contribution in [1.82, 2.24) is 4.90 Å². The summed E-state index contributed by atoms with van der Waals surface area (Å²) in [4.78, 5) is 23.3. The van der Waals surface area contributed by atoms with Gasteiger partial charge in [0.15, 0.2) is 0 Å². The number of aliphatic hydroxyl groups is 1. The summed E-state index contributed by atoms with van der Waals surface area (Å²) in [6.07, 6.45) is -0.619. The van der Waals surface area contributed by atoms with Gasteiger partial charge >= 0.3 is 0 Å². The summed E-state index contributed by atoms with van der Waals surface area (Å²) in [5, 5.41) is 9.22. The van der Waals surface area contributed by atoms with Crippen LogP contribution in [0, 0.1) is 5.92 Å². The van der Waals surface area contributed by atoms with E-state index in [9.17, 15) is 14.7 Å². The minimum atomic E-state index is -0.619. The Bertz CT molecular complexity index is 213. The van der Waals surface area contributed by atoms with E-state index in [-0.39, 0.29) is 29.4 Å². The molecule has 74 valence electrons. The van der Waals surface area contributed by atoms with Crippen LogP contribution in [0.1, 0.15) is 13.8 Å². The Balaban J connectivity index is 2.52. The number of amides is 2. The summed E-state index contributed by atoms with van der Waals surface area (Å²) in [5.74, 6) is 0.0739. The molecule has 0 aromatic heterocycles. The minimum Gasteiger partial charge on any atom is -0.391 e. The lowest BCUT2D eigenvalue weighted by molar-refractivity contribution is -0.125. The van der Waals surface area contributed by atoms with E-state index >= 15 is 0 Å². The molecular weight excluding hydrogens is 190 g/mol. The molecular formula is C8H13NO3S. The largest absolute Gasteiger partial charge is 0.391 e. The van der Waals surface area contributed by atoms with Gasteiger partial charge in [0.25, 0.3) is 5.24 Å². The zero-order chi connectivity index (χ0) is 10.0. The van der Waals surface area contributed by atoms with Gasteiger partial charge in [-0.1, -0.05) is 25.6 Å². The van der Waals surface area contributed by atoms with Gasteiger partial charge in [-0.15, -0.1) is 0 Å². The van der Waals surface area contributed by atoms with Gasteiger partial charge in [0.05, 0.1) is 18.4 Å². The van der Waals surface area contributed by atoms with Crippen molar-refractivity contribution < 1.29 is 14.7 Å². The number of β-amino-alcohol motifs (C(OH)–C–C–N with tert-alkyl or cyclic N) is 1. The van der Waals surface area contributed by atoms with E-state index in [0.717, 1.165) is 16.7 Å². The van der Waals surface area contributed by atoms with Gasteiger partial charge in [-0.2, -0.15) is 0 Å². The van der Waals surface area contributed by atoms with Crippen LogP contribution in [0.5, 0.6) is 0 Å². The van der Waals surface area contributed by atoms with Crippen molar-refractivity contribution in [2.24, 2.45) is 5.92 Å². The number of aliphatic hydroxyl groups excluding tert-OH is 1. The Morgan fingerprint density at radius 2 is 2.15 bits per heavy atom. The Hall–Kier alpha value is -0.550. The molecule has 0 aromatic carbocycles. The van der Waals surface area contributed by atoms with E-state index in [4.69, 9.17) is 0 Å². The number of carbonyl (C=O) groups is 2. The zero-order valence-electron chi connectivity index (χ0n) is 7.69. The maximum atomic E-state index is 11.1. The number of rotatable bonds is 3. The standard InChI is InChI=1S/C8H13NO3S/c1-5(2)6(10)3-9-7(11)4-13-8(9)12/h5-6,10H,3-4H2,1-2H3. The molecule has 0 spiro atoms. The highest BCUT2D eigenvalue weighted by atomic mass is 32.2. The minimum absolute atomic E-state index is 0.0613. The Morgan fingerprint density at radius 1 is 1.54 bits per heavy atom. The lowest BCUT2D eigenvalue weighted by Gasteiger charge is -2.19. The monoisotopic (exact) mass is 203 g/mol. The van der Waals surface area contributed by atoms with Crippen molar-refractivity contribution >= 4 is 22.9 Å². The summed E-state index contributed by atoms with van der Waals surface area (Å²) in [5.41, 5.74) is 0. The Labute approximate surface area is 81.3 Å². The maximum absolute atomic E-state index is 11.1. The maximum Gasteiger partial charge on any atom is 0.288 e. The van der Waals surface area contributed by atoms with Gasteiger partial charge in [0.2, 0.25) is 5.91 Å². The highest BCUT2D eigenvalue weighted by molar-refractivity contribution is 8.14. The van der Waals surface area contributed by atoms with Crippen molar-refractivity contribution in [2.75, 3.05) is 12.3 Å². The normalized spacial score (nSPS) is 20.2. The first-order valence-electron chi connectivity index (χ1n) is 4.17. The summed E-state index contributed by atoms with van der Waals surface area (Å²) < 4.78 is 0. The molecule has 0 saturated carbocycles. The third-order valence-electron chi connectivity index (χ3n) is 1.98. The lowest BCUT2D eigenvalue weighted by atomic mass is 10.1. The predicted molar refractivity (Wildman–Crippen MR) is 50.4 cm³/mol. The van der Waals surface area contributed by atoms with Crippen LogP contribution < -0.4 is 0 Å². The van der Waals surface area contributed by atoms with Crippen molar-refractivity contribution in [1.29, 1.82) is 0 Å². The molecule has 1 saturated heterocycles. The number of imide groups is 1. The molecule has 1 aliphatic heterocycles. The quantitative estimate of drug-likeness (QED) is 0.733. The molecule has 1 heterocycles. The van der Waals surface area contributed by atoms with Crippen LogP contribution in [0.25, 0.3) is 0 Å². The summed E-state index contributed by atoms with van der Waals surface area (Å²) in [6, 6.07) is 0. The second-order valence-electron chi connectivity index (χ2n) is 3.37. The summed E-state index contributed by atoms with van der Waals surface area (Å²) >= 11 is 0.994. The Morgan fingerprint density at radius 3 is 2.54 bits per heavy atom. The van der Waals surface area contributed by atoms with Gasteiger partial charge in [-0.3, -0.25) is 14.5 Å². The van der Waals surface area contributed by atoms with E-state index in [0.29, 0.717) is 0 Å². The first-order valence-corrected chi connectivity index (χ1v) is 5.16. The van der Waals surface area contributed by atoms with Crippen molar-refractivity contribution in [3.05, 3.63) is 0 Å². The number of hydrogen-bond acceptors (Lipinski definition) is 4. The molecule has 2 amide bonds. The van der Waals surface area contributed by atoms with Crippen molar-refractivity contribution in [3.8, 4) is 0 Å². The zero-order valence-corrected chi connectivity index (χ0v) is 8.50. The molecule has 0 aromatic rings. The van der Waals surface area contributed by atoms with E-state index in [1.807, 2.05) is 13.8 Å². The van der Waals surface area contributed by atoms with Gasteiger partial charge in [-0.25, -0.2) is 0 Å². The number of thioether (sulfide) groups is 1. The molecule has 1 rings (SSSR count). The van der Waals surface area contributed by atoms with Crippen molar-refractivity contribution in [3.63, 3.8) is 0 Å². The van der Waals surface area contributed by atoms with Crippen molar-refractivity contribution in [2.45, 2.75) is 20.0 Å². The number of carbonyl (C=O) groups excluding carboxylic acids is 2. The van der Waals surface area contributed by atoms with E-state index in [2.05, 4.69) is 0 Å². The highest BCUT2D eigenvalue weighted by Crippen LogP contribution is 2.19. The number of hydrogen-bond donors (Lipinski definition) is 1. The van der Waals surface area contributed by atoms with Crippen LogP contribution in [0.15, 0.2) is 0 Å². The van der Waals surface area contributed by atoms with Crippen LogP contribution in [0.4, 0.5) is 4.79 Å². The van der Waals surface area contributed by atoms with Crippen LogP contribution >= 0.6 is 11.8 Å². The first-order chi connectivity index (χ1) is 6.02. The Kier molecular flexibility index (Phi) is 3.33. The second kappa shape index (κ2) is 4.11. The smallest absolute Gasteiger partial charge is 0.288 e. The molecule has 1 fully saturated rings. The van der Waals surface area contributed by atoms with Gasteiger partial charge in [0, 0.05) is 0 Å². The lowest BCUT2D eigenvalue weighted by Crippen LogP contribution is -2.38. The van der Waals surface area contributed by atoms with E-state index < -0.39 is 6.10 Å². The molecule has 0 radical (unpaired) electrons. The molecule has 13 heavy (non-hydrogen) atoms. The molecule has 5 heteroatoms. The third-order valence-corrected chi connectivity index (χ3v) is 2.84. The third kappa shape index (κ3) is 2.45. The molecule has 1 N–H and O–H groups in total. The van der Waals surface area contributed by atoms with Crippen LogP contribution in [-0.4, -0.2) is 39.6 Å². The summed E-state index contributed by atoms with van der Waals surface area (Å²) in [7, 11) is 0. The SMILES string of the molecule is CC(C)C(O)CN1C(=O)CSC1=O. The molecule has 0 bridgehead atoms. The molecule has 1 unspecified atom stereocenters. The average Bonchev–Trinajstić information content (AvgIpc) is 2.35. The van der Waals surface area contributed by atoms with E-state index in [1.165, 1.54) is 0 Å². The topological polar surface area (TPSA) is 57.6 Å². The second-order valence-corrected chi connectivity index (χ2v) is 4.30. The summed E-state index contributed by atoms with van der Waals surface area (Å²) in [6.45, 7) is 3.83. The first kappa shape index (κ1) is 10.5. The molecule has 0 aliphatic carbocycles. The van der Waals surface area contributed by atoms with Gasteiger partial charge in [0.1, 0.15) is 0 Å². The predicted octanol–water partition coefficient (Wildman–Crippen LogP) is 0.699. The van der Waals surface area contributed by atoms with Crippen LogP contribution in [0.2, 0.25) is 0 Å². The number of nitrogens with zero attached hydrogens (tertiary/aromatic N) is 1. The molecule has 1 aliphatic rings. The fourth-order valence-corrected chi connectivity index (χ4v) is 1.69.